The number of nitrogen functional groups attached to an aromatic ring is 1. The van der Waals surface area contributed by atoms with Crippen LogP contribution >= 0.6 is 36.2 Å². The van der Waals surface area contributed by atoms with Crippen LogP contribution in [-0.4, -0.2) is 29.9 Å². The third kappa shape index (κ3) is 10.2. The van der Waals surface area contributed by atoms with E-state index in [4.69, 9.17) is 10.5 Å². The van der Waals surface area contributed by atoms with Crippen LogP contribution in [0.25, 0.3) is 0 Å². The second kappa shape index (κ2) is 15.4. The number of carbonyl (C=O) groups excluding carboxylic acids is 2. The predicted octanol–water partition coefficient (Wildman–Crippen LogP) is 4.82. The number of halogens is 2. The molecule has 0 bridgehead atoms. The lowest BCUT2D eigenvalue weighted by Gasteiger charge is -2.20. The Balaban J connectivity index is 0.00000306. The van der Waals surface area contributed by atoms with Crippen molar-refractivity contribution in [2.45, 2.75) is 32.8 Å². The highest BCUT2D eigenvalue weighted by atomic mass is 35.5. The monoisotopic (exact) mass is 538 g/mol. The number of benzene rings is 2. The number of ether oxygens (including phenoxy) is 1. The van der Waals surface area contributed by atoms with Crippen LogP contribution in [0.3, 0.4) is 0 Å². The Morgan fingerprint density at radius 1 is 1.06 bits per heavy atom. The van der Waals surface area contributed by atoms with Crippen molar-refractivity contribution in [2.75, 3.05) is 24.1 Å². The molecule has 0 aliphatic heterocycles. The van der Waals surface area contributed by atoms with Gasteiger partial charge in [0.1, 0.15) is 6.10 Å². The summed E-state index contributed by atoms with van der Waals surface area (Å²) in [5.74, 6) is -0.506. The number of aromatic nitrogens is 1. The second-order valence-corrected chi connectivity index (χ2v) is 8.93. The van der Waals surface area contributed by atoms with Gasteiger partial charge in [-0.3, -0.25) is 9.59 Å². The zero-order chi connectivity index (χ0) is 23.6. The van der Waals surface area contributed by atoms with E-state index in [1.54, 1.807) is 5.38 Å². The lowest BCUT2D eigenvalue weighted by molar-refractivity contribution is -0.153. The van der Waals surface area contributed by atoms with Crippen LogP contribution in [0.2, 0.25) is 0 Å². The number of esters is 1. The summed E-state index contributed by atoms with van der Waals surface area (Å²) in [7, 11) is 0. The number of hydrogen-bond acceptors (Lipinski definition) is 7. The lowest BCUT2D eigenvalue weighted by atomic mass is 10.1. The molecule has 1 heterocycles. The standard InChI is InChI=1S/C25H30N4O3S.2ClH/c1-17(2)24(31)32-22(19-6-4-3-5-7-19)15-27-13-12-18-8-10-20(11-9-18)28-23(30)14-21-16-33-25(26)29-21;;/h3-11,16-17,22,27H,12-15H2,1-2H3,(H2,26,29)(H,28,30);2*1H. The number of nitrogens with two attached hydrogens (primary N) is 1. The zero-order valence-corrected chi connectivity index (χ0v) is 22.2. The normalized spacial score (nSPS) is 11.2. The molecule has 0 saturated heterocycles. The van der Waals surface area contributed by atoms with E-state index in [1.807, 2.05) is 68.4 Å². The summed E-state index contributed by atoms with van der Waals surface area (Å²) in [6.45, 7) is 4.94. The lowest BCUT2D eigenvalue weighted by Crippen LogP contribution is -2.28. The van der Waals surface area contributed by atoms with Crippen molar-refractivity contribution in [1.29, 1.82) is 0 Å². The molecule has 4 N–H and O–H groups in total. The highest BCUT2D eigenvalue weighted by molar-refractivity contribution is 7.13. The molecule has 0 radical (unpaired) electrons. The summed E-state index contributed by atoms with van der Waals surface area (Å²) in [5.41, 5.74) is 9.13. The second-order valence-electron chi connectivity index (χ2n) is 8.04. The molecule has 3 aromatic rings. The first-order valence-corrected chi connectivity index (χ1v) is 11.8. The summed E-state index contributed by atoms with van der Waals surface area (Å²) in [6.07, 6.45) is 0.682. The van der Waals surface area contributed by atoms with Crippen LogP contribution in [0.15, 0.2) is 60.0 Å². The van der Waals surface area contributed by atoms with E-state index in [0.717, 1.165) is 29.8 Å². The van der Waals surface area contributed by atoms with E-state index in [-0.39, 0.29) is 55.1 Å². The number of rotatable bonds is 11. The summed E-state index contributed by atoms with van der Waals surface area (Å²) in [6, 6.07) is 17.5. The van der Waals surface area contributed by atoms with Crippen LogP contribution in [-0.2, 0) is 27.2 Å². The molecule has 0 aliphatic carbocycles. The van der Waals surface area contributed by atoms with Crippen molar-refractivity contribution in [3.63, 3.8) is 0 Å². The summed E-state index contributed by atoms with van der Waals surface area (Å²) >= 11 is 1.32. The van der Waals surface area contributed by atoms with Gasteiger partial charge in [0.25, 0.3) is 0 Å². The first-order valence-electron chi connectivity index (χ1n) is 11.0. The van der Waals surface area contributed by atoms with E-state index < -0.39 is 0 Å². The fourth-order valence-corrected chi connectivity index (χ4v) is 3.73. The Hall–Kier alpha value is -2.65. The number of anilines is 2. The number of carbonyl (C=O) groups is 2. The summed E-state index contributed by atoms with van der Waals surface area (Å²) in [4.78, 5) is 28.4. The first kappa shape index (κ1) is 30.4. The van der Waals surface area contributed by atoms with Gasteiger partial charge in [0, 0.05) is 17.6 Å². The largest absolute Gasteiger partial charge is 0.456 e. The van der Waals surface area contributed by atoms with Crippen LogP contribution in [0.5, 0.6) is 0 Å². The van der Waals surface area contributed by atoms with Gasteiger partial charge in [-0.1, -0.05) is 56.3 Å². The van der Waals surface area contributed by atoms with Crippen LogP contribution in [0.4, 0.5) is 10.8 Å². The van der Waals surface area contributed by atoms with Gasteiger partial charge in [-0.05, 0) is 36.2 Å². The Morgan fingerprint density at radius 2 is 1.74 bits per heavy atom. The molecule has 35 heavy (non-hydrogen) atoms. The molecule has 190 valence electrons. The molecule has 7 nitrogen and oxygen atoms in total. The van der Waals surface area contributed by atoms with Gasteiger partial charge < -0.3 is 21.1 Å². The minimum atomic E-state index is -0.327. The topological polar surface area (TPSA) is 106 Å². The highest BCUT2D eigenvalue weighted by Gasteiger charge is 2.18. The number of thiazole rings is 1. The van der Waals surface area contributed by atoms with Crippen molar-refractivity contribution in [3.05, 3.63) is 76.8 Å². The van der Waals surface area contributed by atoms with Gasteiger partial charge in [-0.2, -0.15) is 0 Å². The SMILES string of the molecule is CC(C)C(=O)OC(CNCCc1ccc(NC(=O)Cc2csc(N)n2)cc1)c1ccccc1.Cl.Cl. The first-order chi connectivity index (χ1) is 15.9. The minimum Gasteiger partial charge on any atom is -0.456 e. The zero-order valence-electron chi connectivity index (χ0n) is 19.7. The predicted molar refractivity (Wildman–Crippen MR) is 146 cm³/mol. The molecule has 2 aromatic carbocycles. The summed E-state index contributed by atoms with van der Waals surface area (Å²) in [5, 5.41) is 8.52. The number of amides is 1. The highest BCUT2D eigenvalue weighted by Crippen LogP contribution is 2.18. The molecule has 0 fully saturated rings. The van der Waals surface area contributed by atoms with Crippen LogP contribution < -0.4 is 16.4 Å². The molecule has 1 amide bonds. The molecule has 0 saturated carbocycles. The van der Waals surface area contributed by atoms with Crippen LogP contribution in [0, 0.1) is 5.92 Å². The van der Waals surface area contributed by atoms with E-state index in [2.05, 4.69) is 15.6 Å². The van der Waals surface area contributed by atoms with Gasteiger partial charge in [-0.25, -0.2) is 4.98 Å². The Morgan fingerprint density at radius 3 is 2.34 bits per heavy atom. The van der Waals surface area contributed by atoms with Crippen molar-refractivity contribution < 1.29 is 14.3 Å². The molecule has 10 heteroatoms. The molecular weight excluding hydrogens is 507 g/mol. The number of nitrogens with one attached hydrogen (secondary N) is 2. The Bertz CT molecular complexity index is 1050. The average Bonchev–Trinajstić information content (AvgIpc) is 3.21. The van der Waals surface area contributed by atoms with Crippen molar-refractivity contribution >= 4 is 58.8 Å². The molecular formula is C25H32Cl2N4O3S. The fourth-order valence-electron chi connectivity index (χ4n) is 3.17. The quantitative estimate of drug-likeness (QED) is 0.238. The molecule has 0 spiro atoms. The maximum atomic E-state index is 12.2. The van der Waals surface area contributed by atoms with E-state index >= 15 is 0 Å². The van der Waals surface area contributed by atoms with Gasteiger partial charge in [-0.15, -0.1) is 36.2 Å². The smallest absolute Gasteiger partial charge is 0.309 e. The molecule has 0 aliphatic rings. The molecule has 1 aromatic heterocycles. The van der Waals surface area contributed by atoms with Crippen LogP contribution in [0.1, 0.15) is 36.8 Å². The minimum absolute atomic E-state index is 0. The van der Waals surface area contributed by atoms with Gasteiger partial charge in [0.2, 0.25) is 5.91 Å². The third-order valence-electron chi connectivity index (χ3n) is 4.97. The summed E-state index contributed by atoms with van der Waals surface area (Å²) < 4.78 is 5.69. The Labute approximate surface area is 222 Å². The van der Waals surface area contributed by atoms with E-state index in [0.29, 0.717) is 17.4 Å². The molecule has 1 atom stereocenters. The van der Waals surface area contributed by atoms with Gasteiger partial charge in [0.05, 0.1) is 18.0 Å². The third-order valence-corrected chi connectivity index (χ3v) is 5.69. The fraction of sp³-hybridized carbons (Fsp3) is 0.320. The van der Waals surface area contributed by atoms with Gasteiger partial charge >= 0.3 is 5.97 Å². The molecule has 1 unspecified atom stereocenters. The van der Waals surface area contributed by atoms with Crippen molar-refractivity contribution in [3.8, 4) is 0 Å². The maximum absolute atomic E-state index is 12.2. The van der Waals surface area contributed by atoms with E-state index in [9.17, 15) is 9.59 Å². The van der Waals surface area contributed by atoms with Crippen molar-refractivity contribution in [1.82, 2.24) is 10.3 Å². The number of hydrogen-bond donors (Lipinski definition) is 3. The number of nitrogens with zero attached hydrogens (tertiary/aromatic N) is 1. The van der Waals surface area contributed by atoms with E-state index in [1.165, 1.54) is 11.3 Å². The molecule has 3 rings (SSSR count). The van der Waals surface area contributed by atoms with Crippen molar-refractivity contribution in [2.24, 2.45) is 5.92 Å². The average molecular weight is 540 g/mol. The van der Waals surface area contributed by atoms with Gasteiger partial charge in [0.15, 0.2) is 5.13 Å². The Kier molecular flexibility index (Phi) is 13.3. The maximum Gasteiger partial charge on any atom is 0.309 e.